The van der Waals surface area contributed by atoms with Gasteiger partial charge in [0.15, 0.2) is 5.82 Å². The maximum absolute atomic E-state index is 4.62. The Morgan fingerprint density at radius 3 is 2.45 bits per heavy atom. The van der Waals surface area contributed by atoms with Crippen molar-refractivity contribution in [3.63, 3.8) is 0 Å². The van der Waals surface area contributed by atoms with Crippen molar-refractivity contribution in [1.29, 1.82) is 0 Å². The molecule has 0 aliphatic carbocycles. The Morgan fingerprint density at radius 2 is 1.66 bits per heavy atom. The van der Waals surface area contributed by atoms with Crippen molar-refractivity contribution in [3.8, 4) is 11.4 Å². The van der Waals surface area contributed by atoms with Crippen LogP contribution in [0.3, 0.4) is 0 Å². The molecule has 5 nitrogen and oxygen atoms in total. The molecule has 2 aromatic heterocycles. The molecule has 1 aromatic carbocycles. The van der Waals surface area contributed by atoms with Crippen molar-refractivity contribution in [1.82, 2.24) is 24.8 Å². The van der Waals surface area contributed by atoms with Gasteiger partial charge in [-0.25, -0.2) is 9.97 Å². The van der Waals surface area contributed by atoms with E-state index in [2.05, 4.69) is 43.0 Å². The molecule has 2 atom stereocenters. The molecule has 0 saturated carbocycles. The number of benzene rings is 1. The van der Waals surface area contributed by atoms with Gasteiger partial charge in [0.1, 0.15) is 0 Å². The first-order valence-electron chi connectivity index (χ1n) is 10.5. The molecule has 29 heavy (non-hydrogen) atoms. The lowest BCUT2D eigenvalue weighted by Gasteiger charge is -2.36. The molecule has 3 aliphatic heterocycles. The Morgan fingerprint density at radius 1 is 0.793 bits per heavy atom. The molecule has 3 aliphatic rings. The fourth-order valence-corrected chi connectivity index (χ4v) is 4.76. The second-order valence-corrected chi connectivity index (χ2v) is 8.36. The summed E-state index contributed by atoms with van der Waals surface area (Å²) in [7, 11) is 0. The van der Waals surface area contributed by atoms with E-state index < -0.39 is 0 Å². The van der Waals surface area contributed by atoms with Gasteiger partial charge in [0.25, 0.3) is 0 Å². The zero-order valence-electron chi connectivity index (χ0n) is 16.7. The lowest BCUT2D eigenvalue weighted by Crippen LogP contribution is -2.43. The van der Waals surface area contributed by atoms with E-state index >= 15 is 0 Å². The van der Waals surface area contributed by atoms with Gasteiger partial charge in [0.05, 0.1) is 0 Å². The molecule has 0 spiro atoms. The molecule has 3 aromatic rings. The Bertz CT molecular complexity index is 913. The van der Waals surface area contributed by atoms with Crippen LogP contribution < -0.4 is 0 Å². The van der Waals surface area contributed by atoms with E-state index in [-0.39, 0.29) is 0 Å². The molecule has 148 valence electrons. The van der Waals surface area contributed by atoms with Gasteiger partial charge in [-0.15, -0.1) is 0 Å². The molecular formula is C24H27N5. The molecule has 6 rings (SSSR count). The summed E-state index contributed by atoms with van der Waals surface area (Å²) in [6, 6.07) is 15.0. The van der Waals surface area contributed by atoms with Gasteiger partial charge in [-0.1, -0.05) is 36.4 Å². The molecule has 2 bridgehead atoms. The first kappa shape index (κ1) is 18.4. The van der Waals surface area contributed by atoms with Gasteiger partial charge in [0.2, 0.25) is 0 Å². The SMILES string of the molecule is c1ccc(-c2ncc(CN3C[C@H]4CC[C@@H]3CN(Cc3cccnc3)C4)cn2)cc1. The number of hydrogen-bond donors (Lipinski definition) is 0. The van der Waals surface area contributed by atoms with E-state index in [1.165, 1.54) is 37.1 Å². The van der Waals surface area contributed by atoms with Crippen molar-refractivity contribution in [3.05, 3.63) is 78.4 Å². The standard InChI is InChI=1S/C24H27N5/c1-2-6-22(7-3-1)24-26-12-21(13-27-24)17-29-16-20-8-9-23(29)18-28(15-20)14-19-5-4-10-25-11-19/h1-7,10-13,20,23H,8-9,14-18H2/t20-,23+/m0/s1. The predicted octanol–water partition coefficient (Wildman–Crippen LogP) is 3.64. The number of hydrogen-bond acceptors (Lipinski definition) is 5. The van der Waals surface area contributed by atoms with E-state index in [0.717, 1.165) is 36.9 Å². The van der Waals surface area contributed by atoms with Gasteiger partial charge >= 0.3 is 0 Å². The van der Waals surface area contributed by atoms with Crippen LogP contribution in [0.25, 0.3) is 11.4 Å². The summed E-state index contributed by atoms with van der Waals surface area (Å²) in [5.41, 5.74) is 3.58. The zero-order valence-corrected chi connectivity index (χ0v) is 16.7. The summed E-state index contributed by atoms with van der Waals surface area (Å²) in [6.07, 6.45) is 10.5. The molecule has 5 heteroatoms. The fourth-order valence-electron chi connectivity index (χ4n) is 4.76. The fraction of sp³-hybridized carbons (Fsp3) is 0.375. The predicted molar refractivity (Wildman–Crippen MR) is 114 cm³/mol. The largest absolute Gasteiger partial charge is 0.297 e. The zero-order chi connectivity index (χ0) is 19.5. The molecular weight excluding hydrogens is 358 g/mol. The Balaban J connectivity index is 1.25. The molecule has 0 amide bonds. The third kappa shape index (κ3) is 4.36. The van der Waals surface area contributed by atoms with Gasteiger partial charge < -0.3 is 0 Å². The number of pyridine rings is 1. The summed E-state index contributed by atoms with van der Waals surface area (Å²) >= 11 is 0. The first-order chi connectivity index (χ1) is 14.3. The minimum Gasteiger partial charge on any atom is -0.297 e. The smallest absolute Gasteiger partial charge is 0.159 e. The summed E-state index contributed by atoms with van der Waals surface area (Å²) in [6.45, 7) is 5.44. The van der Waals surface area contributed by atoms with Crippen molar-refractivity contribution < 1.29 is 0 Å². The van der Waals surface area contributed by atoms with E-state index in [4.69, 9.17) is 0 Å². The second-order valence-electron chi connectivity index (χ2n) is 8.36. The maximum Gasteiger partial charge on any atom is 0.159 e. The second kappa shape index (κ2) is 8.39. The first-order valence-corrected chi connectivity index (χ1v) is 10.5. The monoisotopic (exact) mass is 385 g/mol. The minimum absolute atomic E-state index is 0.610. The van der Waals surface area contributed by atoms with Crippen LogP contribution >= 0.6 is 0 Å². The summed E-state index contributed by atoms with van der Waals surface area (Å²) < 4.78 is 0. The van der Waals surface area contributed by atoms with Crippen LogP contribution in [0.4, 0.5) is 0 Å². The van der Waals surface area contributed by atoms with Crippen molar-refractivity contribution in [2.45, 2.75) is 32.0 Å². The van der Waals surface area contributed by atoms with Crippen LogP contribution in [-0.4, -0.2) is 50.4 Å². The highest BCUT2D eigenvalue weighted by atomic mass is 15.3. The van der Waals surface area contributed by atoms with Crippen molar-refractivity contribution in [2.75, 3.05) is 19.6 Å². The molecule has 5 heterocycles. The Kier molecular flexibility index (Phi) is 5.33. The number of fused-ring (bicyclic) bond motifs is 4. The number of rotatable bonds is 5. The molecule has 3 saturated heterocycles. The highest BCUT2D eigenvalue weighted by molar-refractivity contribution is 5.53. The number of piperidine rings is 1. The topological polar surface area (TPSA) is 45.2 Å². The van der Waals surface area contributed by atoms with Gasteiger partial charge in [0, 0.05) is 74.7 Å². The number of aromatic nitrogens is 3. The lowest BCUT2D eigenvalue weighted by molar-refractivity contribution is 0.123. The lowest BCUT2D eigenvalue weighted by atomic mass is 9.95. The molecule has 3 fully saturated rings. The van der Waals surface area contributed by atoms with Gasteiger partial charge in [-0.2, -0.15) is 0 Å². The average molecular weight is 386 g/mol. The highest BCUT2D eigenvalue weighted by Crippen LogP contribution is 2.30. The van der Waals surface area contributed by atoms with Gasteiger partial charge in [-0.05, 0) is 30.4 Å². The third-order valence-electron chi connectivity index (χ3n) is 6.15. The van der Waals surface area contributed by atoms with Crippen molar-refractivity contribution >= 4 is 0 Å². The van der Waals surface area contributed by atoms with Crippen LogP contribution in [0.2, 0.25) is 0 Å². The Labute approximate surface area is 172 Å². The highest BCUT2D eigenvalue weighted by Gasteiger charge is 2.34. The van der Waals surface area contributed by atoms with Crippen LogP contribution in [0.5, 0.6) is 0 Å². The van der Waals surface area contributed by atoms with E-state index in [0.29, 0.717) is 6.04 Å². The minimum atomic E-state index is 0.610. The molecule has 0 N–H and O–H groups in total. The van der Waals surface area contributed by atoms with E-state index in [9.17, 15) is 0 Å². The van der Waals surface area contributed by atoms with E-state index in [1.807, 2.05) is 49.1 Å². The summed E-state index contributed by atoms with van der Waals surface area (Å²) in [5, 5.41) is 0. The third-order valence-corrected chi connectivity index (χ3v) is 6.15. The van der Waals surface area contributed by atoms with Crippen LogP contribution in [0.15, 0.2) is 67.3 Å². The maximum atomic E-state index is 4.62. The van der Waals surface area contributed by atoms with Crippen LogP contribution in [-0.2, 0) is 13.1 Å². The van der Waals surface area contributed by atoms with Gasteiger partial charge in [-0.3, -0.25) is 14.8 Å². The van der Waals surface area contributed by atoms with Crippen molar-refractivity contribution in [2.24, 2.45) is 5.92 Å². The summed E-state index contributed by atoms with van der Waals surface area (Å²) in [5.74, 6) is 1.55. The molecule has 0 radical (unpaired) electrons. The van der Waals surface area contributed by atoms with E-state index in [1.54, 1.807) is 0 Å². The quantitative estimate of drug-likeness (QED) is 0.671. The number of nitrogens with zero attached hydrogens (tertiary/aromatic N) is 5. The molecule has 0 unspecified atom stereocenters. The van der Waals surface area contributed by atoms with Crippen LogP contribution in [0, 0.1) is 5.92 Å². The average Bonchev–Trinajstić information content (AvgIpc) is 3.06. The Hall–Kier alpha value is -2.63. The van der Waals surface area contributed by atoms with Crippen LogP contribution in [0.1, 0.15) is 24.0 Å². The normalized spacial score (nSPS) is 22.5. The summed E-state index contributed by atoms with van der Waals surface area (Å²) in [4.78, 5) is 18.8.